The van der Waals surface area contributed by atoms with E-state index in [-0.39, 0.29) is 17.4 Å². The Kier molecular flexibility index (Phi) is 5.51. The number of rotatable bonds is 4. The van der Waals surface area contributed by atoms with Gasteiger partial charge >= 0.3 is 0 Å². The molecular weight excluding hydrogens is 330 g/mol. The Hall–Kier alpha value is -2.89. The number of pyridine rings is 1. The number of nitrogens with zero attached hydrogens (tertiary/aromatic N) is 2. The van der Waals surface area contributed by atoms with Crippen LogP contribution in [0, 0.1) is 0 Å². The lowest BCUT2D eigenvalue weighted by Gasteiger charge is -2.26. The van der Waals surface area contributed by atoms with Gasteiger partial charge in [-0.2, -0.15) is 0 Å². The fourth-order valence-electron chi connectivity index (χ4n) is 3.02. The summed E-state index contributed by atoms with van der Waals surface area (Å²) in [6, 6.07) is 10.2. The third-order valence-electron chi connectivity index (χ3n) is 4.66. The van der Waals surface area contributed by atoms with Crippen molar-refractivity contribution in [3.05, 3.63) is 69.6 Å². The number of nitrogens with one attached hydrogen (secondary N) is 1. The number of likely N-dealkylation sites (tertiary alicyclic amines) is 1. The average molecular weight is 353 g/mol. The van der Waals surface area contributed by atoms with Gasteiger partial charge in [0, 0.05) is 50.1 Å². The van der Waals surface area contributed by atoms with Gasteiger partial charge in [0.25, 0.3) is 17.4 Å². The molecule has 1 saturated heterocycles. The van der Waals surface area contributed by atoms with Crippen molar-refractivity contribution in [2.75, 3.05) is 13.1 Å². The third kappa shape index (κ3) is 4.20. The van der Waals surface area contributed by atoms with E-state index in [2.05, 4.69) is 5.32 Å². The molecule has 0 aliphatic carbocycles. The molecule has 1 aliphatic heterocycles. The van der Waals surface area contributed by atoms with E-state index in [1.165, 1.54) is 17.1 Å². The maximum absolute atomic E-state index is 12.4. The van der Waals surface area contributed by atoms with Crippen molar-refractivity contribution >= 4 is 11.8 Å². The van der Waals surface area contributed by atoms with Crippen molar-refractivity contribution in [2.24, 2.45) is 7.05 Å². The molecule has 26 heavy (non-hydrogen) atoms. The minimum atomic E-state index is -0.295. The highest BCUT2D eigenvalue weighted by Crippen LogP contribution is 2.14. The smallest absolute Gasteiger partial charge is 0.253 e. The van der Waals surface area contributed by atoms with Crippen LogP contribution >= 0.6 is 0 Å². The average Bonchev–Trinajstić information content (AvgIpc) is 2.68. The number of hydrogen-bond donors (Lipinski definition) is 1. The summed E-state index contributed by atoms with van der Waals surface area (Å²) < 4.78 is 1.41. The molecule has 1 aliphatic rings. The van der Waals surface area contributed by atoms with Gasteiger partial charge in [-0.1, -0.05) is 12.1 Å². The van der Waals surface area contributed by atoms with E-state index in [0.29, 0.717) is 17.7 Å². The molecule has 1 aromatic heterocycles. The SMILES string of the molecule is Cn1ccc(C(=O)NCc2ccc(C(=O)N3CCCCC3)cc2)cc1=O. The molecule has 0 atom stereocenters. The first kappa shape index (κ1) is 17.9. The lowest BCUT2D eigenvalue weighted by atomic mass is 10.1. The molecule has 0 radical (unpaired) electrons. The summed E-state index contributed by atoms with van der Waals surface area (Å²) in [5, 5.41) is 2.79. The standard InChI is InChI=1S/C20H23N3O3/c1-22-12-9-17(13-18(22)24)19(25)21-14-15-5-7-16(8-6-15)20(26)23-10-3-2-4-11-23/h5-9,12-13H,2-4,10-11,14H2,1H3,(H,21,25). The molecule has 1 aromatic carbocycles. The quantitative estimate of drug-likeness (QED) is 0.913. The maximum Gasteiger partial charge on any atom is 0.253 e. The normalized spacial score (nSPS) is 14.1. The molecule has 2 heterocycles. The highest BCUT2D eigenvalue weighted by Gasteiger charge is 2.17. The van der Waals surface area contributed by atoms with Gasteiger partial charge < -0.3 is 14.8 Å². The van der Waals surface area contributed by atoms with Crippen LogP contribution in [-0.2, 0) is 13.6 Å². The molecule has 0 bridgehead atoms. The minimum absolute atomic E-state index is 0.0698. The lowest BCUT2D eigenvalue weighted by molar-refractivity contribution is 0.0724. The molecule has 2 amide bonds. The minimum Gasteiger partial charge on any atom is -0.348 e. The van der Waals surface area contributed by atoms with Crippen LogP contribution in [0.3, 0.4) is 0 Å². The van der Waals surface area contributed by atoms with Crippen LogP contribution < -0.4 is 10.9 Å². The van der Waals surface area contributed by atoms with E-state index in [1.54, 1.807) is 31.4 Å². The van der Waals surface area contributed by atoms with Crippen LogP contribution in [0.15, 0.2) is 47.4 Å². The Bertz CT molecular complexity index is 849. The van der Waals surface area contributed by atoms with Gasteiger partial charge in [-0.3, -0.25) is 14.4 Å². The molecule has 136 valence electrons. The van der Waals surface area contributed by atoms with Crippen LogP contribution in [0.5, 0.6) is 0 Å². The van der Waals surface area contributed by atoms with Crippen molar-refractivity contribution in [2.45, 2.75) is 25.8 Å². The Morgan fingerprint density at radius 3 is 2.35 bits per heavy atom. The van der Waals surface area contributed by atoms with E-state index in [0.717, 1.165) is 31.5 Å². The maximum atomic E-state index is 12.4. The van der Waals surface area contributed by atoms with Gasteiger partial charge in [0.15, 0.2) is 0 Å². The summed E-state index contributed by atoms with van der Waals surface area (Å²) >= 11 is 0. The van der Waals surface area contributed by atoms with Crippen molar-refractivity contribution in [3.63, 3.8) is 0 Å². The first-order valence-electron chi connectivity index (χ1n) is 8.88. The monoisotopic (exact) mass is 353 g/mol. The molecule has 3 rings (SSSR count). The van der Waals surface area contributed by atoms with Gasteiger partial charge in [-0.25, -0.2) is 0 Å². The molecule has 0 unspecified atom stereocenters. The van der Waals surface area contributed by atoms with Crippen molar-refractivity contribution in [3.8, 4) is 0 Å². The van der Waals surface area contributed by atoms with E-state index < -0.39 is 0 Å². The second kappa shape index (κ2) is 7.99. The van der Waals surface area contributed by atoms with Crippen molar-refractivity contribution < 1.29 is 9.59 Å². The van der Waals surface area contributed by atoms with Crippen LogP contribution in [0.4, 0.5) is 0 Å². The summed E-state index contributed by atoms with van der Waals surface area (Å²) in [6.45, 7) is 1.99. The largest absolute Gasteiger partial charge is 0.348 e. The van der Waals surface area contributed by atoms with Crippen LogP contribution in [0.2, 0.25) is 0 Å². The molecule has 6 nitrogen and oxygen atoms in total. The summed E-state index contributed by atoms with van der Waals surface area (Å²) in [6.07, 6.45) is 4.89. The Morgan fingerprint density at radius 1 is 1.00 bits per heavy atom. The second-order valence-corrected chi connectivity index (χ2v) is 6.60. The molecule has 1 fully saturated rings. The fraction of sp³-hybridized carbons (Fsp3) is 0.350. The predicted octanol–water partition coefficient (Wildman–Crippen LogP) is 1.94. The van der Waals surface area contributed by atoms with Gasteiger partial charge in [0.1, 0.15) is 0 Å². The van der Waals surface area contributed by atoms with Crippen LogP contribution in [-0.4, -0.2) is 34.4 Å². The van der Waals surface area contributed by atoms with Crippen LogP contribution in [0.1, 0.15) is 45.5 Å². The molecule has 2 aromatic rings. The highest BCUT2D eigenvalue weighted by atomic mass is 16.2. The highest BCUT2D eigenvalue weighted by molar-refractivity contribution is 5.95. The van der Waals surface area contributed by atoms with E-state index in [1.807, 2.05) is 17.0 Å². The third-order valence-corrected chi connectivity index (χ3v) is 4.66. The predicted molar refractivity (Wildman–Crippen MR) is 99.0 cm³/mol. The van der Waals surface area contributed by atoms with E-state index >= 15 is 0 Å². The second-order valence-electron chi connectivity index (χ2n) is 6.60. The molecule has 0 saturated carbocycles. The number of carbonyl (C=O) groups excluding carboxylic acids is 2. The van der Waals surface area contributed by atoms with E-state index in [9.17, 15) is 14.4 Å². The molecular formula is C20H23N3O3. The lowest BCUT2D eigenvalue weighted by Crippen LogP contribution is -2.35. The van der Waals surface area contributed by atoms with Crippen molar-refractivity contribution in [1.29, 1.82) is 0 Å². The summed E-state index contributed by atoms with van der Waals surface area (Å²) in [7, 11) is 1.64. The number of benzene rings is 1. The first-order valence-corrected chi connectivity index (χ1v) is 8.88. The Morgan fingerprint density at radius 2 is 1.69 bits per heavy atom. The Balaban J connectivity index is 1.58. The summed E-state index contributed by atoms with van der Waals surface area (Å²) in [5.41, 5.74) is 1.69. The Labute approximate surface area is 152 Å². The molecule has 1 N–H and O–H groups in total. The van der Waals surface area contributed by atoms with Gasteiger partial charge in [-0.15, -0.1) is 0 Å². The van der Waals surface area contributed by atoms with Crippen LogP contribution in [0.25, 0.3) is 0 Å². The molecule has 6 heteroatoms. The van der Waals surface area contributed by atoms with E-state index in [4.69, 9.17) is 0 Å². The number of aryl methyl sites for hydroxylation is 1. The van der Waals surface area contributed by atoms with Gasteiger partial charge in [-0.05, 0) is 43.0 Å². The zero-order chi connectivity index (χ0) is 18.5. The number of hydrogen-bond acceptors (Lipinski definition) is 3. The first-order chi connectivity index (χ1) is 12.5. The van der Waals surface area contributed by atoms with Gasteiger partial charge in [0.2, 0.25) is 0 Å². The summed E-state index contributed by atoms with van der Waals surface area (Å²) in [4.78, 5) is 38.1. The zero-order valence-electron chi connectivity index (χ0n) is 14.9. The number of carbonyl (C=O) groups is 2. The fourth-order valence-corrected chi connectivity index (χ4v) is 3.02. The number of aromatic nitrogens is 1. The summed E-state index contributed by atoms with van der Waals surface area (Å²) in [5.74, 6) is -0.225. The number of amides is 2. The number of piperidine rings is 1. The van der Waals surface area contributed by atoms with Crippen molar-refractivity contribution in [1.82, 2.24) is 14.8 Å². The topological polar surface area (TPSA) is 71.4 Å². The van der Waals surface area contributed by atoms with Gasteiger partial charge in [0.05, 0.1) is 0 Å². The zero-order valence-corrected chi connectivity index (χ0v) is 14.9. The molecule has 0 spiro atoms.